The highest BCUT2D eigenvalue weighted by Crippen LogP contribution is 2.29. The normalized spacial score (nSPS) is 11.4. The minimum Gasteiger partial charge on any atom is -0.378 e. The van der Waals surface area contributed by atoms with Gasteiger partial charge in [0.15, 0.2) is 0 Å². The molecule has 2 aromatic rings. The van der Waals surface area contributed by atoms with E-state index in [0.29, 0.717) is 11.3 Å². The third-order valence-corrected chi connectivity index (χ3v) is 2.70. The van der Waals surface area contributed by atoms with Gasteiger partial charge >= 0.3 is 6.18 Å². The number of aromatic nitrogens is 2. The summed E-state index contributed by atoms with van der Waals surface area (Å²) in [6, 6.07) is 5.06. The SMILES string of the molecule is NC(=O)Cn1cc(NCc2cccc(C(F)(F)F)c2)cn1. The van der Waals surface area contributed by atoms with Gasteiger partial charge in [-0.25, -0.2) is 0 Å². The second kappa shape index (κ2) is 5.86. The third kappa shape index (κ3) is 4.23. The summed E-state index contributed by atoms with van der Waals surface area (Å²) in [7, 11) is 0. The Kier molecular flexibility index (Phi) is 4.15. The fourth-order valence-electron chi connectivity index (χ4n) is 1.76. The number of primary amides is 1. The fourth-order valence-corrected chi connectivity index (χ4v) is 1.76. The van der Waals surface area contributed by atoms with Crippen LogP contribution in [-0.2, 0) is 24.1 Å². The van der Waals surface area contributed by atoms with Crippen LogP contribution in [0.25, 0.3) is 0 Å². The Hall–Kier alpha value is -2.51. The van der Waals surface area contributed by atoms with Crippen LogP contribution in [0.3, 0.4) is 0 Å². The van der Waals surface area contributed by atoms with Crippen molar-refractivity contribution < 1.29 is 18.0 Å². The molecule has 21 heavy (non-hydrogen) atoms. The number of nitrogens with one attached hydrogen (secondary N) is 1. The van der Waals surface area contributed by atoms with Gasteiger partial charge < -0.3 is 11.1 Å². The van der Waals surface area contributed by atoms with E-state index in [0.717, 1.165) is 12.1 Å². The summed E-state index contributed by atoms with van der Waals surface area (Å²) in [5.41, 5.74) is 5.43. The van der Waals surface area contributed by atoms with Gasteiger partial charge in [0.25, 0.3) is 0 Å². The highest BCUT2D eigenvalue weighted by atomic mass is 19.4. The number of nitrogens with two attached hydrogens (primary N) is 1. The van der Waals surface area contributed by atoms with E-state index in [-0.39, 0.29) is 13.1 Å². The number of rotatable bonds is 5. The molecule has 3 N–H and O–H groups in total. The second-order valence-electron chi connectivity index (χ2n) is 4.44. The Morgan fingerprint density at radius 2 is 2.14 bits per heavy atom. The lowest BCUT2D eigenvalue weighted by molar-refractivity contribution is -0.137. The van der Waals surface area contributed by atoms with Gasteiger partial charge in [-0.05, 0) is 17.7 Å². The van der Waals surface area contributed by atoms with Crippen LogP contribution in [0.15, 0.2) is 36.7 Å². The molecule has 0 saturated carbocycles. The summed E-state index contributed by atoms with van der Waals surface area (Å²) in [5, 5.41) is 6.83. The average molecular weight is 298 g/mol. The van der Waals surface area contributed by atoms with Crippen LogP contribution < -0.4 is 11.1 Å². The van der Waals surface area contributed by atoms with Gasteiger partial charge in [-0.2, -0.15) is 18.3 Å². The average Bonchev–Trinajstić information content (AvgIpc) is 2.82. The zero-order valence-electron chi connectivity index (χ0n) is 10.9. The topological polar surface area (TPSA) is 72.9 Å². The number of anilines is 1. The van der Waals surface area contributed by atoms with Crippen LogP contribution in [0, 0.1) is 0 Å². The summed E-state index contributed by atoms with van der Waals surface area (Å²) >= 11 is 0. The number of carbonyl (C=O) groups excluding carboxylic acids is 1. The molecule has 1 amide bonds. The van der Waals surface area contributed by atoms with E-state index < -0.39 is 17.6 Å². The first kappa shape index (κ1) is 14.9. The predicted molar refractivity (Wildman–Crippen MR) is 70.2 cm³/mol. The van der Waals surface area contributed by atoms with Crippen LogP contribution >= 0.6 is 0 Å². The first-order chi connectivity index (χ1) is 9.84. The van der Waals surface area contributed by atoms with Crippen molar-refractivity contribution in [3.63, 3.8) is 0 Å². The number of benzene rings is 1. The molecule has 0 bridgehead atoms. The van der Waals surface area contributed by atoms with E-state index in [1.807, 2.05) is 0 Å². The van der Waals surface area contributed by atoms with Crippen molar-refractivity contribution in [2.45, 2.75) is 19.3 Å². The van der Waals surface area contributed by atoms with E-state index in [2.05, 4.69) is 10.4 Å². The van der Waals surface area contributed by atoms with E-state index in [9.17, 15) is 18.0 Å². The lowest BCUT2D eigenvalue weighted by Crippen LogP contribution is -2.18. The van der Waals surface area contributed by atoms with E-state index in [4.69, 9.17) is 5.73 Å². The predicted octanol–water partition coefficient (Wildman–Crippen LogP) is 2.00. The third-order valence-electron chi connectivity index (χ3n) is 2.70. The molecule has 1 aromatic carbocycles. The highest BCUT2D eigenvalue weighted by Gasteiger charge is 2.30. The number of nitrogens with zero attached hydrogens (tertiary/aromatic N) is 2. The van der Waals surface area contributed by atoms with Gasteiger partial charge in [-0.1, -0.05) is 12.1 Å². The molecule has 0 atom stereocenters. The molecule has 8 heteroatoms. The van der Waals surface area contributed by atoms with Gasteiger partial charge in [0.2, 0.25) is 5.91 Å². The Morgan fingerprint density at radius 1 is 1.38 bits per heavy atom. The number of halogens is 3. The van der Waals surface area contributed by atoms with E-state index in [1.54, 1.807) is 12.3 Å². The van der Waals surface area contributed by atoms with Crippen molar-refractivity contribution in [2.75, 3.05) is 5.32 Å². The number of amides is 1. The first-order valence-corrected chi connectivity index (χ1v) is 6.05. The van der Waals surface area contributed by atoms with Crippen molar-refractivity contribution in [3.8, 4) is 0 Å². The van der Waals surface area contributed by atoms with Gasteiger partial charge in [-0.15, -0.1) is 0 Å². The van der Waals surface area contributed by atoms with Crippen LogP contribution in [0.1, 0.15) is 11.1 Å². The van der Waals surface area contributed by atoms with Crippen LogP contribution in [-0.4, -0.2) is 15.7 Å². The van der Waals surface area contributed by atoms with E-state index >= 15 is 0 Å². The summed E-state index contributed by atoms with van der Waals surface area (Å²) < 4.78 is 39.1. The first-order valence-electron chi connectivity index (χ1n) is 6.05. The number of alkyl halides is 3. The van der Waals surface area contributed by atoms with Crippen molar-refractivity contribution in [2.24, 2.45) is 5.73 Å². The maximum Gasteiger partial charge on any atom is 0.416 e. The number of hydrogen-bond donors (Lipinski definition) is 2. The molecule has 0 saturated heterocycles. The minimum atomic E-state index is -4.36. The molecular formula is C13H13F3N4O. The monoisotopic (exact) mass is 298 g/mol. The van der Waals surface area contributed by atoms with E-state index in [1.165, 1.54) is 16.9 Å². The molecule has 1 aromatic heterocycles. The Labute approximate surface area is 118 Å². The van der Waals surface area contributed by atoms with Crippen LogP contribution in [0.4, 0.5) is 18.9 Å². The molecule has 0 spiro atoms. The standard InChI is InChI=1S/C13H13F3N4O/c14-13(15,16)10-3-1-2-9(4-10)5-18-11-6-19-20(7-11)8-12(17)21/h1-4,6-7,18H,5,8H2,(H2,17,21). The molecule has 0 fully saturated rings. The fraction of sp³-hybridized carbons (Fsp3) is 0.231. The Balaban J connectivity index is 2.00. The Bertz CT molecular complexity index is 636. The zero-order chi connectivity index (χ0) is 15.5. The molecular weight excluding hydrogens is 285 g/mol. The summed E-state index contributed by atoms with van der Waals surface area (Å²) in [5.74, 6) is -0.525. The summed E-state index contributed by atoms with van der Waals surface area (Å²) in [6.07, 6.45) is -1.34. The number of carbonyl (C=O) groups is 1. The molecule has 5 nitrogen and oxygen atoms in total. The number of hydrogen-bond acceptors (Lipinski definition) is 3. The smallest absolute Gasteiger partial charge is 0.378 e. The molecule has 0 aliphatic carbocycles. The molecule has 2 rings (SSSR count). The molecule has 0 unspecified atom stereocenters. The molecule has 1 heterocycles. The summed E-state index contributed by atoms with van der Waals surface area (Å²) in [6.45, 7) is 0.164. The Morgan fingerprint density at radius 3 is 2.81 bits per heavy atom. The van der Waals surface area contributed by atoms with Crippen LogP contribution in [0.2, 0.25) is 0 Å². The maximum atomic E-state index is 12.6. The lowest BCUT2D eigenvalue weighted by atomic mass is 10.1. The highest BCUT2D eigenvalue weighted by molar-refractivity contribution is 5.73. The molecule has 0 radical (unpaired) electrons. The van der Waals surface area contributed by atoms with Crippen molar-refractivity contribution in [1.29, 1.82) is 0 Å². The van der Waals surface area contributed by atoms with Crippen molar-refractivity contribution >= 4 is 11.6 Å². The largest absolute Gasteiger partial charge is 0.416 e. The lowest BCUT2D eigenvalue weighted by Gasteiger charge is -2.09. The zero-order valence-corrected chi connectivity index (χ0v) is 10.9. The minimum absolute atomic E-state index is 0.0504. The van der Waals surface area contributed by atoms with Gasteiger partial charge in [0.05, 0.1) is 17.4 Å². The maximum absolute atomic E-state index is 12.6. The van der Waals surface area contributed by atoms with Crippen molar-refractivity contribution in [1.82, 2.24) is 9.78 Å². The van der Waals surface area contributed by atoms with Crippen molar-refractivity contribution in [3.05, 3.63) is 47.8 Å². The second-order valence-corrected chi connectivity index (χ2v) is 4.44. The van der Waals surface area contributed by atoms with Gasteiger partial charge in [-0.3, -0.25) is 9.48 Å². The molecule has 112 valence electrons. The molecule has 0 aliphatic heterocycles. The van der Waals surface area contributed by atoms with Gasteiger partial charge in [0.1, 0.15) is 6.54 Å². The van der Waals surface area contributed by atoms with Crippen LogP contribution in [0.5, 0.6) is 0 Å². The summed E-state index contributed by atoms with van der Waals surface area (Å²) in [4.78, 5) is 10.7. The molecule has 0 aliphatic rings. The van der Waals surface area contributed by atoms with Gasteiger partial charge in [0, 0.05) is 12.7 Å². The quantitative estimate of drug-likeness (QED) is 0.886.